The van der Waals surface area contributed by atoms with Crippen LogP contribution in [0.2, 0.25) is 0 Å². The van der Waals surface area contributed by atoms with Crippen molar-refractivity contribution in [1.82, 2.24) is 15.0 Å². The Hall–Kier alpha value is -2.14. The molecule has 1 amide bonds. The number of carbonyl (C=O) groups excluding carboxylic acids is 1. The predicted molar refractivity (Wildman–Crippen MR) is 95.1 cm³/mol. The second-order valence-electron chi connectivity index (χ2n) is 7.12. The van der Waals surface area contributed by atoms with Crippen LogP contribution >= 0.6 is 0 Å². The molecule has 1 aromatic heterocycles. The lowest BCUT2D eigenvalue weighted by Gasteiger charge is -2.39. The average molecular weight is 421 g/mol. The summed E-state index contributed by atoms with van der Waals surface area (Å²) in [5.41, 5.74) is 2.17. The molecule has 29 heavy (non-hydrogen) atoms. The van der Waals surface area contributed by atoms with Crippen molar-refractivity contribution in [2.75, 3.05) is 26.8 Å². The smallest absolute Gasteiger partial charge is 0.475 e. The van der Waals surface area contributed by atoms with E-state index in [4.69, 9.17) is 19.2 Å². The van der Waals surface area contributed by atoms with Crippen molar-refractivity contribution in [2.45, 2.75) is 57.9 Å². The number of carboxylic acid groups (broad SMARTS) is 1. The van der Waals surface area contributed by atoms with Crippen LogP contribution in [-0.2, 0) is 20.9 Å². The summed E-state index contributed by atoms with van der Waals surface area (Å²) >= 11 is 0. The Morgan fingerprint density at radius 3 is 2.48 bits per heavy atom. The number of likely N-dealkylation sites (tertiary alicyclic amines) is 2. The van der Waals surface area contributed by atoms with E-state index < -0.39 is 12.1 Å². The molecule has 1 N–H and O–H groups in total. The number of halogens is 3. The van der Waals surface area contributed by atoms with Gasteiger partial charge < -0.3 is 19.3 Å². The Morgan fingerprint density at radius 2 is 1.97 bits per heavy atom. The van der Waals surface area contributed by atoms with E-state index in [1.807, 2.05) is 18.7 Å². The first-order valence-electron chi connectivity index (χ1n) is 9.30. The molecular weight excluding hydrogens is 395 g/mol. The number of amides is 1. The van der Waals surface area contributed by atoms with Crippen molar-refractivity contribution in [3.8, 4) is 0 Å². The first-order valence-corrected chi connectivity index (χ1v) is 9.30. The standard InChI is InChI=1S/C16H25N3O3.C2HF3O2/c1-11-13(12(2)22-17-11)10-18-7-6-15-14(18)4-5-16(20)19(15)8-9-21-3;3-2(4,5)1(6)7/h14-15H,4-10H2,1-3H3;(H,6,7)/t14-,15+;/m1./s1. The normalized spacial score (nSPS) is 22.3. The highest BCUT2D eigenvalue weighted by molar-refractivity contribution is 5.77. The summed E-state index contributed by atoms with van der Waals surface area (Å²) in [4.78, 5) is 25.6. The average Bonchev–Trinajstić information content (AvgIpc) is 3.19. The number of alkyl halides is 3. The summed E-state index contributed by atoms with van der Waals surface area (Å²) in [5.74, 6) is -1.57. The minimum atomic E-state index is -5.08. The maximum atomic E-state index is 12.2. The summed E-state index contributed by atoms with van der Waals surface area (Å²) in [7, 11) is 1.68. The fourth-order valence-electron chi connectivity index (χ4n) is 3.85. The van der Waals surface area contributed by atoms with Crippen LogP contribution in [0, 0.1) is 13.8 Å². The van der Waals surface area contributed by atoms with Crippen LogP contribution in [0.15, 0.2) is 4.52 Å². The summed E-state index contributed by atoms with van der Waals surface area (Å²) < 4.78 is 42.2. The number of hydrogen-bond donors (Lipinski definition) is 1. The Morgan fingerprint density at radius 1 is 1.31 bits per heavy atom. The zero-order chi connectivity index (χ0) is 21.8. The molecule has 11 heteroatoms. The molecular formula is C18H26F3N3O5. The Labute approximate surface area is 166 Å². The van der Waals surface area contributed by atoms with Gasteiger partial charge in [-0.2, -0.15) is 13.2 Å². The van der Waals surface area contributed by atoms with Gasteiger partial charge in [-0.15, -0.1) is 0 Å². The van der Waals surface area contributed by atoms with E-state index in [-0.39, 0.29) is 5.91 Å². The molecule has 2 saturated heterocycles. The molecule has 0 saturated carbocycles. The molecule has 164 valence electrons. The van der Waals surface area contributed by atoms with Crippen LogP contribution in [0.5, 0.6) is 0 Å². The molecule has 2 aliphatic heterocycles. The summed E-state index contributed by atoms with van der Waals surface area (Å²) in [6, 6.07) is 0.778. The summed E-state index contributed by atoms with van der Waals surface area (Å²) in [5, 5.41) is 11.2. The first kappa shape index (κ1) is 23.1. The zero-order valence-corrected chi connectivity index (χ0v) is 16.7. The first-order chi connectivity index (χ1) is 13.6. The van der Waals surface area contributed by atoms with Gasteiger partial charge in [-0.05, 0) is 26.7 Å². The molecule has 0 radical (unpaired) electrons. The largest absolute Gasteiger partial charge is 0.490 e. The van der Waals surface area contributed by atoms with Gasteiger partial charge >= 0.3 is 12.1 Å². The van der Waals surface area contributed by atoms with E-state index in [2.05, 4.69) is 10.1 Å². The highest BCUT2D eigenvalue weighted by Gasteiger charge is 2.43. The minimum absolute atomic E-state index is 0.275. The number of carboxylic acids is 1. The summed E-state index contributed by atoms with van der Waals surface area (Å²) in [6.07, 6.45) is -2.44. The number of rotatable bonds is 5. The van der Waals surface area contributed by atoms with Crippen LogP contribution < -0.4 is 0 Å². The lowest BCUT2D eigenvalue weighted by atomic mass is 9.96. The fourth-order valence-corrected chi connectivity index (χ4v) is 3.85. The van der Waals surface area contributed by atoms with Gasteiger partial charge in [0.2, 0.25) is 5.91 Å². The van der Waals surface area contributed by atoms with Gasteiger partial charge in [-0.3, -0.25) is 9.69 Å². The molecule has 8 nitrogen and oxygen atoms in total. The Kier molecular flexibility index (Phi) is 7.64. The number of nitrogens with zero attached hydrogens (tertiary/aromatic N) is 3. The molecule has 0 aliphatic carbocycles. The van der Waals surface area contributed by atoms with Gasteiger partial charge in [-0.25, -0.2) is 4.79 Å². The van der Waals surface area contributed by atoms with Crippen LogP contribution in [0.1, 0.15) is 36.3 Å². The van der Waals surface area contributed by atoms with Crippen molar-refractivity contribution < 1.29 is 37.1 Å². The number of aliphatic carboxylic acids is 1. The number of carbonyl (C=O) groups is 2. The maximum Gasteiger partial charge on any atom is 0.490 e. The molecule has 0 spiro atoms. The van der Waals surface area contributed by atoms with Gasteiger partial charge in [-0.1, -0.05) is 5.16 Å². The zero-order valence-electron chi connectivity index (χ0n) is 16.7. The number of hydrogen-bond acceptors (Lipinski definition) is 6. The lowest BCUT2D eigenvalue weighted by Crippen LogP contribution is -2.53. The van der Waals surface area contributed by atoms with E-state index in [1.54, 1.807) is 7.11 Å². The van der Waals surface area contributed by atoms with Crippen LogP contribution in [-0.4, -0.2) is 77.0 Å². The van der Waals surface area contributed by atoms with E-state index in [0.717, 1.165) is 37.4 Å². The van der Waals surface area contributed by atoms with Gasteiger partial charge in [0.15, 0.2) is 0 Å². The van der Waals surface area contributed by atoms with Crippen molar-refractivity contribution >= 4 is 11.9 Å². The van der Waals surface area contributed by atoms with Crippen LogP contribution in [0.3, 0.4) is 0 Å². The Balaban J connectivity index is 0.000000370. The van der Waals surface area contributed by atoms with Gasteiger partial charge in [0.1, 0.15) is 5.76 Å². The third-order valence-corrected chi connectivity index (χ3v) is 5.32. The number of ether oxygens (including phenoxy) is 1. The third-order valence-electron chi connectivity index (χ3n) is 5.32. The van der Waals surface area contributed by atoms with E-state index in [9.17, 15) is 18.0 Å². The minimum Gasteiger partial charge on any atom is -0.475 e. The molecule has 2 aliphatic rings. The SMILES string of the molecule is COCCN1C(=O)CC[C@@H]2[C@@H]1CCN2Cc1c(C)noc1C.O=C(O)C(F)(F)F. The number of methoxy groups -OCH3 is 1. The third kappa shape index (κ3) is 5.69. The van der Waals surface area contributed by atoms with Crippen molar-refractivity contribution in [1.29, 1.82) is 0 Å². The molecule has 1 aromatic rings. The van der Waals surface area contributed by atoms with Crippen molar-refractivity contribution in [3.63, 3.8) is 0 Å². The second-order valence-corrected chi connectivity index (χ2v) is 7.12. The van der Waals surface area contributed by atoms with Crippen molar-refractivity contribution in [2.24, 2.45) is 0 Å². The van der Waals surface area contributed by atoms with Gasteiger partial charge in [0.25, 0.3) is 0 Å². The Bertz CT molecular complexity index is 703. The lowest BCUT2D eigenvalue weighted by molar-refractivity contribution is -0.192. The highest BCUT2D eigenvalue weighted by atomic mass is 19.4. The molecule has 3 heterocycles. The van der Waals surface area contributed by atoms with Crippen LogP contribution in [0.25, 0.3) is 0 Å². The summed E-state index contributed by atoms with van der Waals surface area (Å²) in [6.45, 7) is 7.17. The molecule has 0 aromatic carbocycles. The van der Waals surface area contributed by atoms with E-state index in [0.29, 0.717) is 31.7 Å². The molecule has 0 unspecified atom stereocenters. The number of fused-ring (bicyclic) bond motifs is 1. The highest BCUT2D eigenvalue weighted by Crippen LogP contribution is 2.33. The quantitative estimate of drug-likeness (QED) is 0.778. The monoisotopic (exact) mass is 421 g/mol. The van der Waals surface area contributed by atoms with E-state index in [1.165, 1.54) is 5.56 Å². The molecule has 0 bridgehead atoms. The van der Waals surface area contributed by atoms with Crippen molar-refractivity contribution in [3.05, 3.63) is 17.0 Å². The van der Waals surface area contributed by atoms with Crippen LogP contribution in [0.4, 0.5) is 13.2 Å². The predicted octanol–water partition coefficient (Wildman–Crippen LogP) is 2.14. The second kappa shape index (κ2) is 9.57. The van der Waals surface area contributed by atoms with Gasteiger partial charge in [0.05, 0.1) is 12.3 Å². The fraction of sp³-hybridized carbons (Fsp3) is 0.722. The molecule has 2 atom stereocenters. The maximum absolute atomic E-state index is 12.2. The molecule has 2 fully saturated rings. The number of aryl methyl sites for hydroxylation is 2. The van der Waals surface area contributed by atoms with E-state index >= 15 is 0 Å². The molecule has 3 rings (SSSR count). The topological polar surface area (TPSA) is 96.1 Å². The number of piperidine rings is 1. The van der Waals surface area contributed by atoms with Gasteiger partial charge in [0, 0.05) is 50.8 Å². The number of aromatic nitrogens is 1.